The van der Waals surface area contributed by atoms with Crippen molar-refractivity contribution in [3.8, 4) is 11.1 Å². The Balaban J connectivity index is 1.49. The number of alkyl halides is 2. The second kappa shape index (κ2) is 8.94. The van der Waals surface area contributed by atoms with Crippen LogP contribution in [0.15, 0.2) is 48.9 Å². The topological polar surface area (TPSA) is 88.0 Å². The minimum Gasteiger partial charge on any atom is -0.354 e. The van der Waals surface area contributed by atoms with E-state index in [2.05, 4.69) is 25.7 Å². The quantitative estimate of drug-likeness (QED) is 0.440. The number of nitrogens with one attached hydrogen (secondary N) is 2. The lowest BCUT2D eigenvalue weighted by Crippen LogP contribution is -2.43. The van der Waals surface area contributed by atoms with Crippen molar-refractivity contribution in [1.82, 2.24) is 30.4 Å². The molecule has 4 aromatic rings. The fraction of sp³-hybridized carbons (Fsp3) is 0.308. The number of anilines is 2. The number of rotatable bonds is 5. The van der Waals surface area contributed by atoms with E-state index in [0.29, 0.717) is 34.7 Å². The monoisotopic (exact) mass is 489 g/mol. The highest BCUT2D eigenvalue weighted by Crippen LogP contribution is 2.42. The summed E-state index contributed by atoms with van der Waals surface area (Å²) in [4.78, 5) is 23.5. The lowest BCUT2D eigenvalue weighted by molar-refractivity contribution is 0.0958. The summed E-state index contributed by atoms with van der Waals surface area (Å²) < 4.78 is 30.6. The van der Waals surface area contributed by atoms with E-state index in [4.69, 9.17) is 0 Å². The van der Waals surface area contributed by atoms with Crippen molar-refractivity contribution in [3.63, 3.8) is 0 Å². The molecule has 0 aliphatic carbocycles. The second-order valence-corrected chi connectivity index (χ2v) is 9.13. The summed E-state index contributed by atoms with van der Waals surface area (Å²) in [5.41, 5.74) is 3.63. The number of aryl methyl sites for hydroxylation is 1. The molecular weight excluding hydrogens is 464 g/mol. The van der Waals surface area contributed by atoms with Crippen molar-refractivity contribution in [2.24, 2.45) is 0 Å². The average Bonchev–Trinajstić information content (AvgIpc) is 3.34. The van der Waals surface area contributed by atoms with Crippen molar-refractivity contribution in [2.45, 2.75) is 25.3 Å². The van der Waals surface area contributed by atoms with Gasteiger partial charge >= 0.3 is 0 Å². The van der Waals surface area contributed by atoms with E-state index in [0.717, 1.165) is 36.9 Å². The molecule has 8 nitrogen and oxygen atoms in total. The number of fused-ring (bicyclic) bond motifs is 2. The number of hydrogen-bond acceptors (Lipinski definition) is 6. The molecule has 0 spiro atoms. The molecule has 0 atom stereocenters. The Hall–Kier alpha value is -3.92. The van der Waals surface area contributed by atoms with Gasteiger partial charge in [-0.05, 0) is 48.2 Å². The predicted molar refractivity (Wildman–Crippen MR) is 133 cm³/mol. The van der Waals surface area contributed by atoms with Crippen LogP contribution < -0.4 is 15.5 Å². The number of amides is 1. The first-order chi connectivity index (χ1) is 17.5. The van der Waals surface area contributed by atoms with Gasteiger partial charge in [0.2, 0.25) is 0 Å². The number of aromatic nitrogens is 4. The molecule has 0 saturated carbocycles. The fourth-order valence-corrected chi connectivity index (χ4v) is 4.94. The Kier molecular flexibility index (Phi) is 5.60. The minimum atomic E-state index is -2.66. The third-order valence-electron chi connectivity index (χ3n) is 6.94. The van der Waals surface area contributed by atoms with Gasteiger partial charge in [-0.25, -0.2) is 13.8 Å². The summed E-state index contributed by atoms with van der Waals surface area (Å²) in [5.74, 6) is 0.174. The van der Waals surface area contributed by atoms with Gasteiger partial charge in [-0.2, -0.15) is 5.10 Å². The predicted octanol–water partition coefficient (Wildman–Crippen LogP) is 4.02. The summed E-state index contributed by atoms with van der Waals surface area (Å²) >= 11 is 0. The van der Waals surface area contributed by atoms with Crippen LogP contribution in [-0.4, -0.2) is 52.3 Å². The maximum atomic E-state index is 14.4. The Morgan fingerprint density at radius 1 is 1.25 bits per heavy atom. The molecule has 5 heterocycles. The van der Waals surface area contributed by atoms with Crippen LogP contribution in [0.5, 0.6) is 0 Å². The highest BCUT2D eigenvalue weighted by Gasteiger charge is 2.28. The van der Waals surface area contributed by atoms with E-state index in [9.17, 15) is 13.6 Å². The van der Waals surface area contributed by atoms with Crippen LogP contribution in [0.3, 0.4) is 0 Å². The summed E-state index contributed by atoms with van der Waals surface area (Å²) in [6.07, 6.45) is 4.09. The summed E-state index contributed by atoms with van der Waals surface area (Å²) in [7, 11) is 1.55. The first kappa shape index (κ1) is 22.5. The molecule has 0 unspecified atom stereocenters. The van der Waals surface area contributed by atoms with Crippen molar-refractivity contribution in [2.75, 3.05) is 31.6 Å². The first-order valence-electron chi connectivity index (χ1n) is 12.0. The summed E-state index contributed by atoms with van der Waals surface area (Å²) in [5, 5.41) is 11.0. The zero-order valence-electron chi connectivity index (χ0n) is 19.7. The zero-order chi connectivity index (χ0) is 24.8. The molecule has 36 heavy (non-hydrogen) atoms. The SMILES string of the molecule is CNC(=O)c1cc2cccnc2c(N2CCCc3cc(-c4cnn(C5CNC5)c4)c(C(F)F)cc32)n1. The van der Waals surface area contributed by atoms with Gasteiger partial charge < -0.3 is 15.5 Å². The molecule has 1 fully saturated rings. The third-order valence-corrected chi connectivity index (χ3v) is 6.94. The van der Waals surface area contributed by atoms with Crippen molar-refractivity contribution in [3.05, 3.63) is 65.7 Å². The fourth-order valence-electron chi connectivity index (χ4n) is 4.94. The molecule has 0 bridgehead atoms. The van der Waals surface area contributed by atoms with Gasteiger partial charge in [-0.1, -0.05) is 6.07 Å². The lowest BCUT2D eigenvalue weighted by atomic mass is 9.93. The minimum absolute atomic E-state index is 0.0494. The zero-order valence-corrected chi connectivity index (χ0v) is 19.7. The Bertz CT molecular complexity index is 1460. The molecule has 3 aromatic heterocycles. The van der Waals surface area contributed by atoms with Crippen LogP contribution in [0.4, 0.5) is 20.3 Å². The van der Waals surface area contributed by atoms with Crippen LogP contribution in [0, 0.1) is 0 Å². The van der Waals surface area contributed by atoms with Gasteiger partial charge in [-0.3, -0.25) is 14.5 Å². The molecule has 1 amide bonds. The maximum absolute atomic E-state index is 14.4. The van der Waals surface area contributed by atoms with E-state index in [-0.39, 0.29) is 23.2 Å². The van der Waals surface area contributed by atoms with Crippen molar-refractivity contribution < 1.29 is 13.6 Å². The summed E-state index contributed by atoms with van der Waals surface area (Å²) in [6, 6.07) is 9.04. The van der Waals surface area contributed by atoms with Crippen LogP contribution in [-0.2, 0) is 6.42 Å². The number of carbonyl (C=O) groups excluding carboxylic acids is 1. The number of pyridine rings is 2. The number of nitrogens with zero attached hydrogens (tertiary/aromatic N) is 5. The smallest absolute Gasteiger partial charge is 0.269 e. The Morgan fingerprint density at radius 2 is 2.11 bits per heavy atom. The van der Waals surface area contributed by atoms with E-state index >= 15 is 0 Å². The van der Waals surface area contributed by atoms with Gasteiger partial charge in [-0.15, -0.1) is 0 Å². The molecule has 2 aliphatic heterocycles. The number of halogens is 2. The number of benzene rings is 1. The van der Waals surface area contributed by atoms with Crippen LogP contribution in [0.1, 0.15) is 40.5 Å². The second-order valence-electron chi connectivity index (χ2n) is 9.13. The number of carbonyl (C=O) groups is 1. The molecule has 2 aliphatic rings. The highest BCUT2D eigenvalue weighted by molar-refractivity contribution is 6.00. The average molecular weight is 490 g/mol. The third kappa shape index (κ3) is 3.78. The van der Waals surface area contributed by atoms with Gasteiger partial charge in [0.25, 0.3) is 12.3 Å². The maximum Gasteiger partial charge on any atom is 0.269 e. The number of hydrogen-bond donors (Lipinski definition) is 2. The van der Waals surface area contributed by atoms with E-state index in [1.165, 1.54) is 0 Å². The molecule has 6 rings (SSSR count). The van der Waals surface area contributed by atoms with Gasteiger partial charge in [0.1, 0.15) is 11.2 Å². The molecule has 1 saturated heterocycles. The standard InChI is InChI=1S/C26H25F2N7O/c1-29-26(36)21-9-16-4-2-6-31-23(16)25(33-21)34-7-3-5-15-8-19(20(24(27)28)10-22(15)34)17-11-32-35(14-17)18-12-30-13-18/h2,4,6,8-11,14,18,24,30H,3,5,7,12-13H2,1H3,(H,29,36). The van der Waals surface area contributed by atoms with Gasteiger partial charge in [0.05, 0.1) is 12.2 Å². The Labute approximate surface area is 206 Å². The lowest BCUT2D eigenvalue weighted by Gasteiger charge is -2.32. The van der Waals surface area contributed by atoms with Crippen LogP contribution >= 0.6 is 0 Å². The molecule has 10 heteroatoms. The van der Waals surface area contributed by atoms with Gasteiger partial charge in [0, 0.05) is 61.3 Å². The molecule has 184 valence electrons. The molecule has 0 radical (unpaired) electrons. The van der Waals surface area contributed by atoms with Crippen molar-refractivity contribution >= 4 is 28.3 Å². The van der Waals surface area contributed by atoms with E-state index < -0.39 is 6.43 Å². The molecular formula is C26H25F2N7O. The normalized spacial score (nSPS) is 15.7. The largest absolute Gasteiger partial charge is 0.354 e. The first-order valence-corrected chi connectivity index (χ1v) is 12.0. The highest BCUT2D eigenvalue weighted by atomic mass is 19.3. The Morgan fingerprint density at radius 3 is 2.86 bits per heavy atom. The van der Waals surface area contributed by atoms with Crippen LogP contribution in [0.2, 0.25) is 0 Å². The van der Waals surface area contributed by atoms with E-state index in [1.54, 1.807) is 37.6 Å². The molecule has 2 N–H and O–H groups in total. The van der Waals surface area contributed by atoms with Crippen molar-refractivity contribution in [1.29, 1.82) is 0 Å². The summed E-state index contributed by atoms with van der Waals surface area (Å²) in [6.45, 7) is 2.23. The van der Waals surface area contributed by atoms with E-state index in [1.807, 2.05) is 27.9 Å². The van der Waals surface area contributed by atoms with Gasteiger partial charge in [0.15, 0.2) is 5.82 Å². The molecule has 1 aromatic carbocycles. The van der Waals surface area contributed by atoms with Crippen LogP contribution in [0.25, 0.3) is 22.0 Å².